The molecule has 0 aromatic heterocycles. The monoisotopic (exact) mass is 491 g/mol. The highest BCUT2D eigenvalue weighted by atomic mass is 32.1. The first-order valence-corrected chi connectivity index (χ1v) is 12.5. The first-order valence-electron chi connectivity index (χ1n) is 11.9. The largest absolute Gasteiger partial charge is 0.478 e. The summed E-state index contributed by atoms with van der Waals surface area (Å²) in [7, 11) is 0. The summed E-state index contributed by atoms with van der Waals surface area (Å²) in [5, 5.41) is 24.3. The molecule has 186 valence electrons. The van der Waals surface area contributed by atoms with Crippen LogP contribution in [0, 0.1) is 28.6 Å². The molecule has 0 radical (unpaired) electrons. The minimum absolute atomic E-state index is 0.0182. The van der Waals surface area contributed by atoms with Crippen LogP contribution in [0.2, 0.25) is 0 Å². The SMILES string of the molecule is CC(=O)N[C@@H](CS)C(=O)OC1(C(=O)O)CCC2C3CCC4=CC(=O)C=CC4(C)C3C(O)CC21C. The number of aliphatic hydroxyl groups is 1. The zero-order chi connectivity index (χ0) is 25.1. The van der Waals surface area contributed by atoms with Crippen LogP contribution in [-0.4, -0.2) is 57.3 Å². The molecule has 8 nitrogen and oxygen atoms in total. The molecule has 0 aromatic rings. The number of nitrogens with one attached hydrogen (secondary N) is 1. The number of ether oxygens (including phenoxy) is 1. The van der Waals surface area contributed by atoms with E-state index >= 15 is 0 Å². The molecule has 4 rings (SSSR count). The summed E-state index contributed by atoms with van der Waals surface area (Å²) in [6, 6.07) is -1.06. The molecule has 0 heterocycles. The summed E-state index contributed by atoms with van der Waals surface area (Å²) in [5.74, 6) is -2.79. The van der Waals surface area contributed by atoms with Gasteiger partial charge in [-0.2, -0.15) is 12.6 Å². The predicted octanol–water partition coefficient (Wildman–Crippen LogP) is 2.07. The quantitative estimate of drug-likeness (QED) is 0.342. The van der Waals surface area contributed by atoms with E-state index in [1.165, 1.54) is 6.92 Å². The fraction of sp³-hybridized carbons (Fsp3) is 0.680. The third-order valence-electron chi connectivity index (χ3n) is 9.08. The number of ketones is 1. The molecule has 0 aromatic carbocycles. The topological polar surface area (TPSA) is 130 Å². The van der Waals surface area contributed by atoms with Crippen molar-refractivity contribution in [3.63, 3.8) is 0 Å². The molecule has 4 aliphatic carbocycles. The van der Waals surface area contributed by atoms with Crippen molar-refractivity contribution < 1.29 is 34.1 Å². The van der Waals surface area contributed by atoms with Gasteiger partial charge in [-0.05, 0) is 56.1 Å². The van der Waals surface area contributed by atoms with Crippen molar-refractivity contribution in [2.75, 3.05) is 5.75 Å². The molecular weight excluding hydrogens is 458 g/mol. The van der Waals surface area contributed by atoms with Crippen LogP contribution < -0.4 is 5.32 Å². The van der Waals surface area contributed by atoms with Gasteiger partial charge in [0.25, 0.3) is 0 Å². The molecule has 0 aliphatic heterocycles. The Labute approximate surface area is 204 Å². The van der Waals surface area contributed by atoms with Gasteiger partial charge in [0, 0.05) is 29.4 Å². The van der Waals surface area contributed by atoms with Gasteiger partial charge in [-0.15, -0.1) is 0 Å². The van der Waals surface area contributed by atoms with Crippen LogP contribution in [0.1, 0.15) is 52.9 Å². The van der Waals surface area contributed by atoms with Crippen molar-refractivity contribution in [3.05, 3.63) is 23.8 Å². The fourth-order valence-electron chi connectivity index (χ4n) is 7.54. The number of amides is 1. The van der Waals surface area contributed by atoms with Crippen LogP contribution in [0.15, 0.2) is 23.8 Å². The number of hydrogen-bond donors (Lipinski definition) is 4. The number of allylic oxidation sites excluding steroid dienone is 4. The van der Waals surface area contributed by atoms with Crippen LogP contribution >= 0.6 is 12.6 Å². The van der Waals surface area contributed by atoms with E-state index < -0.39 is 46.4 Å². The van der Waals surface area contributed by atoms with Crippen LogP contribution in [0.3, 0.4) is 0 Å². The Hall–Kier alpha value is -2.13. The van der Waals surface area contributed by atoms with E-state index in [1.54, 1.807) is 12.2 Å². The number of carboxylic acids is 1. The van der Waals surface area contributed by atoms with Gasteiger partial charge in [0.05, 0.1) is 6.10 Å². The van der Waals surface area contributed by atoms with Crippen LogP contribution in [0.4, 0.5) is 0 Å². The highest BCUT2D eigenvalue weighted by molar-refractivity contribution is 7.80. The minimum Gasteiger partial charge on any atom is -0.478 e. The first-order chi connectivity index (χ1) is 15.9. The lowest BCUT2D eigenvalue weighted by Crippen LogP contribution is -2.63. The zero-order valence-electron chi connectivity index (χ0n) is 19.7. The molecule has 9 heteroatoms. The molecule has 8 atom stereocenters. The summed E-state index contributed by atoms with van der Waals surface area (Å²) in [5.41, 5.74) is -2.25. The van der Waals surface area contributed by atoms with Crippen LogP contribution in [0.5, 0.6) is 0 Å². The van der Waals surface area contributed by atoms with Crippen molar-refractivity contribution in [2.24, 2.45) is 28.6 Å². The lowest BCUT2D eigenvalue weighted by Gasteiger charge is -2.59. The maximum Gasteiger partial charge on any atom is 0.348 e. The number of aliphatic carboxylic acids is 1. The van der Waals surface area contributed by atoms with Crippen LogP contribution in [0.25, 0.3) is 0 Å². The van der Waals surface area contributed by atoms with Crippen molar-refractivity contribution in [2.45, 2.75) is 70.6 Å². The third-order valence-corrected chi connectivity index (χ3v) is 9.45. The van der Waals surface area contributed by atoms with E-state index in [4.69, 9.17) is 4.74 Å². The number of carbonyl (C=O) groups excluding carboxylic acids is 3. The summed E-state index contributed by atoms with van der Waals surface area (Å²) in [4.78, 5) is 49.2. The molecule has 0 saturated heterocycles. The van der Waals surface area contributed by atoms with E-state index in [-0.39, 0.29) is 42.1 Å². The van der Waals surface area contributed by atoms with E-state index in [0.29, 0.717) is 12.8 Å². The number of thiol groups is 1. The highest BCUT2D eigenvalue weighted by Crippen LogP contribution is 2.67. The number of carbonyl (C=O) groups is 4. The highest BCUT2D eigenvalue weighted by Gasteiger charge is 2.71. The summed E-state index contributed by atoms with van der Waals surface area (Å²) in [6.07, 6.45) is 6.59. The number of esters is 1. The summed E-state index contributed by atoms with van der Waals surface area (Å²) < 4.78 is 5.78. The fourth-order valence-corrected chi connectivity index (χ4v) is 7.78. The minimum atomic E-state index is -1.81. The van der Waals surface area contributed by atoms with E-state index in [0.717, 1.165) is 12.0 Å². The lowest BCUT2D eigenvalue weighted by atomic mass is 9.46. The Kier molecular flexibility index (Phi) is 6.26. The van der Waals surface area contributed by atoms with Gasteiger partial charge in [-0.25, -0.2) is 9.59 Å². The molecule has 4 aliphatic rings. The lowest BCUT2D eigenvalue weighted by molar-refractivity contribution is -0.210. The molecule has 34 heavy (non-hydrogen) atoms. The van der Waals surface area contributed by atoms with E-state index in [2.05, 4.69) is 24.9 Å². The molecule has 7 unspecified atom stereocenters. The van der Waals surface area contributed by atoms with Crippen molar-refractivity contribution >= 4 is 36.3 Å². The molecular formula is C25H33NO7S. The summed E-state index contributed by atoms with van der Waals surface area (Å²) in [6.45, 7) is 5.13. The normalized spacial score (nSPS) is 41.4. The van der Waals surface area contributed by atoms with E-state index in [1.807, 2.05) is 13.0 Å². The first kappa shape index (κ1) is 25.0. The zero-order valence-corrected chi connectivity index (χ0v) is 20.6. The Morgan fingerprint density at radius 1 is 1.29 bits per heavy atom. The average molecular weight is 492 g/mol. The van der Waals surface area contributed by atoms with Crippen LogP contribution in [-0.2, 0) is 23.9 Å². The molecule has 1 amide bonds. The van der Waals surface area contributed by atoms with Crippen molar-refractivity contribution in [3.8, 4) is 0 Å². The summed E-state index contributed by atoms with van der Waals surface area (Å²) >= 11 is 4.11. The number of hydrogen-bond acceptors (Lipinski definition) is 7. The Bertz CT molecular complexity index is 992. The standard InChI is InChI=1S/C25H33NO7S/c1-13(27)26-18(12-34)21(30)33-25(22(31)32)9-7-17-16-5-4-14-10-15(28)6-8-23(14,2)20(16)19(29)11-24(17,25)3/h6,8,10,16-20,29,34H,4-5,7,9,11-12H2,1-3H3,(H,26,27)(H,31,32)/t16?,17?,18-,19?,20?,23?,24?,25?/m0/s1. The maximum absolute atomic E-state index is 13.0. The third kappa shape index (κ3) is 3.54. The van der Waals surface area contributed by atoms with Crippen molar-refractivity contribution in [1.29, 1.82) is 0 Å². The number of aliphatic hydroxyl groups excluding tert-OH is 1. The molecule has 3 saturated carbocycles. The Balaban J connectivity index is 1.69. The smallest absolute Gasteiger partial charge is 0.348 e. The molecule has 3 fully saturated rings. The second-order valence-corrected chi connectivity index (χ2v) is 11.1. The Morgan fingerprint density at radius 3 is 2.62 bits per heavy atom. The average Bonchev–Trinajstić information content (AvgIpc) is 3.04. The van der Waals surface area contributed by atoms with E-state index in [9.17, 15) is 29.4 Å². The molecule has 0 spiro atoms. The Morgan fingerprint density at radius 2 is 2.00 bits per heavy atom. The number of rotatable bonds is 5. The predicted molar refractivity (Wildman–Crippen MR) is 126 cm³/mol. The van der Waals surface area contributed by atoms with Gasteiger partial charge in [0.15, 0.2) is 5.78 Å². The number of carboxylic acid groups (broad SMARTS) is 1. The second-order valence-electron chi connectivity index (χ2n) is 10.7. The van der Waals surface area contributed by atoms with Gasteiger partial charge < -0.3 is 20.3 Å². The van der Waals surface area contributed by atoms with Crippen molar-refractivity contribution in [1.82, 2.24) is 5.32 Å². The maximum atomic E-state index is 13.0. The molecule has 0 bridgehead atoms. The number of fused-ring (bicyclic) bond motifs is 5. The van der Waals surface area contributed by atoms with Gasteiger partial charge in [0.1, 0.15) is 6.04 Å². The molecule has 3 N–H and O–H groups in total. The van der Waals surface area contributed by atoms with Gasteiger partial charge in [-0.1, -0.05) is 25.5 Å². The van der Waals surface area contributed by atoms with Gasteiger partial charge >= 0.3 is 11.9 Å². The van der Waals surface area contributed by atoms with Gasteiger partial charge in [0.2, 0.25) is 11.5 Å². The second kappa shape index (κ2) is 8.52. The van der Waals surface area contributed by atoms with Gasteiger partial charge in [-0.3, -0.25) is 9.59 Å².